The van der Waals surface area contributed by atoms with Crippen molar-refractivity contribution in [3.8, 4) is 56.8 Å². The Kier molecular flexibility index (Phi) is 20.2. The Morgan fingerprint density at radius 2 is 0.742 bits per heavy atom. The Balaban J connectivity index is 1.94. The molecule has 0 aliphatic rings. The lowest BCUT2D eigenvalue weighted by atomic mass is 10.0. The van der Waals surface area contributed by atoms with Crippen LogP contribution in [0.3, 0.4) is 0 Å². The van der Waals surface area contributed by atoms with Gasteiger partial charge >= 0.3 is 23.9 Å². The van der Waals surface area contributed by atoms with E-state index in [0.717, 1.165) is 12.8 Å². The maximum Gasteiger partial charge on any atom is 0.317 e. The average Bonchev–Trinajstić information content (AvgIpc) is 3.26. The number of pyridine rings is 2. The number of benzene rings is 2. The van der Waals surface area contributed by atoms with Crippen molar-refractivity contribution in [1.82, 2.24) is 24.7 Å². The number of methoxy groups -OCH3 is 6. The normalized spacial score (nSPS) is 11.2. The number of aliphatic hydroxyl groups excluding tert-OH is 1. The molecule has 0 saturated heterocycles. The van der Waals surface area contributed by atoms with Crippen molar-refractivity contribution in [2.24, 2.45) is 0 Å². The van der Waals surface area contributed by atoms with E-state index in [0.29, 0.717) is 98.9 Å². The summed E-state index contributed by atoms with van der Waals surface area (Å²) >= 11 is 0. The van der Waals surface area contributed by atoms with Gasteiger partial charge in [0.25, 0.3) is 0 Å². The van der Waals surface area contributed by atoms with E-state index in [2.05, 4.69) is 4.90 Å². The molecule has 2 aromatic carbocycles. The highest BCUT2D eigenvalue weighted by atomic mass is 16.5. The number of unbranched alkanes of at least 4 members (excludes halogenated alkanes) is 3. The number of aliphatic hydroxyl groups is 1. The molecular weight excluding hydrogens is 863 g/mol. The molecule has 2 aromatic heterocycles. The zero-order valence-corrected chi connectivity index (χ0v) is 38.1. The average molecular weight is 922 g/mol. The first-order valence-electron chi connectivity index (χ1n) is 20.9. The van der Waals surface area contributed by atoms with E-state index in [9.17, 15) is 44.7 Å². The van der Waals surface area contributed by atoms with E-state index in [-0.39, 0.29) is 32.8 Å². The van der Waals surface area contributed by atoms with Crippen LogP contribution in [0.5, 0.6) is 34.5 Å². The molecule has 0 atom stereocenters. The highest BCUT2D eigenvalue weighted by Gasteiger charge is 2.24. The van der Waals surface area contributed by atoms with Crippen molar-refractivity contribution in [1.29, 1.82) is 0 Å². The molecule has 20 heteroatoms. The number of aliphatic carboxylic acids is 4. The summed E-state index contributed by atoms with van der Waals surface area (Å²) < 4.78 is 34.1. The minimum absolute atomic E-state index is 0.0564. The Morgan fingerprint density at radius 1 is 0.439 bits per heavy atom. The molecule has 0 radical (unpaired) electrons. The van der Waals surface area contributed by atoms with Gasteiger partial charge in [0.2, 0.25) is 0 Å². The van der Waals surface area contributed by atoms with Gasteiger partial charge in [0.05, 0.1) is 103 Å². The molecular formula is C46H59N5O15. The Hall–Kier alpha value is -6.74. The lowest BCUT2D eigenvalue weighted by molar-refractivity contribution is -0.144. The lowest BCUT2D eigenvalue weighted by Gasteiger charge is -2.25. The van der Waals surface area contributed by atoms with Crippen LogP contribution >= 0.6 is 0 Å². The third-order valence-electron chi connectivity index (χ3n) is 10.2. The molecule has 4 rings (SSSR count). The summed E-state index contributed by atoms with van der Waals surface area (Å²) in [7, 11) is 9.00. The summed E-state index contributed by atoms with van der Waals surface area (Å²) in [6.07, 6.45) is 2.90. The second kappa shape index (κ2) is 25.7. The number of carboxylic acids is 4. The van der Waals surface area contributed by atoms with Crippen molar-refractivity contribution in [3.63, 3.8) is 0 Å². The van der Waals surface area contributed by atoms with Gasteiger partial charge < -0.3 is 54.0 Å². The summed E-state index contributed by atoms with van der Waals surface area (Å²) in [5.74, 6) is -2.31. The predicted molar refractivity (Wildman–Crippen MR) is 239 cm³/mol. The van der Waals surface area contributed by atoms with Crippen molar-refractivity contribution in [3.05, 3.63) is 71.3 Å². The second-order valence-corrected chi connectivity index (χ2v) is 15.2. The van der Waals surface area contributed by atoms with Gasteiger partial charge in [-0.15, -0.1) is 0 Å². The lowest BCUT2D eigenvalue weighted by Crippen LogP contribution is -2.34. The number of nitrogens with zero attached hydrogens (tertiary/aromatic N) is 5. The molecule has 5 N–H and O–H groups in total. The van der Waals surface area contributed by atoms with Crippen LogP contribution in [0, 0.1) is 0 Å². The Morgan fingerprint density at radius 3 is 1.02 bits per heavy atom. The second-order valence-electron chi connectivity index (χ2n) is 15.2. The molecule has 0 aliphatic carbocycles. The number of aromatic nitrogens is 2. The van der Waals surface area contributed by atoms with Crippen LogP contribution in [0.2, 0.25) is 0 Å². The van der Waals surface area contributed by atoms with Gasteiger partial charge in [-0.25, -0.2) is 0 Å². The Bertz CT molecular complexity index is 2060. The van der Waals surface area contributed by atoms with E-state index >= 15 is 0 Å². The summed E-state index contributed by atoms with van der Waals surface area (Å²) in [5, 5.41) is 48.1. The molecule has 0 unspecified atom stereocenters. The maximum atomic E-state index is 11.8. The minimum Gasteiger partial charge on any atom is -0.496 e. The summed E-state index contributed by atoms with van der Waals surface area (Å²) in [5.41, 5.74) is 4.02. The van der Waals surface area contributed by atoms with Gasteiger partial charge in [-0.3, -0.25) is 43.8 Å². The minimum atomic E-state index is -1.22. The largest absolute Gasteiger partial charge is 0.496 e. The SMILES string of the molecule is COc1cc(OC)c(-c2cc(CN(CC(=O)O)CC(=O)O)nc(CN(CCCCCCO)Cc3cc(-c4c(OC)cc(OC)cc4OC)cc(CN(CC(=O)O)CC(=O)O)n3)c2)c(OC)c1. The van der Waals surface area contributed by atoms with Crippen LogP contribution in [0.15, 0.2) is 48.5 Å². The van der Waals surface area contributed by atoms with Crippen LogP contribution in [0.1, 0.15) is 48.5 Å². The molecule has 0 aliphatic heterocycles. The number of hydrogen-bond acceptors (Lipinski definition) is 16. The molecule has 4 aromatic rings. The van der Waals surface area contributed by atoms with Crippen LogP contribution in [-0.4, -0.2) is 156 Å². The highest BCUT2D eigenvalue weighted by Crippen LogP contribution is 2.44. The zero-order valence-electron chi connectivity index (χ0n) is 38.1. The monoisotopic (exact) mass is 921 g/mol. The quantitative estimate of drug-likeness (QED) is 0.0455. The fourth-order valence-electron chi connectivity index (χ4n) is 7.52. The fourth-order valence-corrected chi connectivity index (χ4v) is 7.52. The van der Waals surface area contributed by atoms with Crippen molar-refractivity contribution in [2.75, 3.05) is 82.0 Å². The maximum absolute atomic E-state index is 11.8. The van der Waals surface area contributed by atoms with Crippen LogP contribution in [0.4, 0.5) is 0 Å². The van der Waals surface area contributed by atoms with Gasteiger partial charge in [-0.1, -0.05) is 12.8 Å². The van der Waals surface area contributed by atoms with Crippen molar-refractivity contribution < 1.29 is 73.1 Å². The molecule has 358 valence electrons. The van der Waals surface area contributed by atoms with Crippen LogP contribution < -0.4 is 28.4 Å². The van der Waals surface area contributed by atoms with Crippen LogP contribution in [-0.2, 0) is 45.4 Å². The number of rotatable bonds is 30. The zero-order chi connectivity index (χ0) is 48.3. The third-order valence-corrected chi connectivity index (χ3v) is 10.2. The van der Waals surface area contributed by atoms with Gasteiger partial charge in [0.1, 0.15) is 34.5 Å². The van der Waals surface area contributed by atoms with E-state index < -0.39 is 50.1 Å². The highest BCUT2D eigenvalue weighted by molar-refractivity contribution is 5.80. The Labute approximate surface area is 382 Å². The molecule has 0 bridgehead atoms. The van der Waals surface area contributed by atoms with Gasteiger partial charge in [0.15, 0.2) is 0 Å². The van der Waals surface area contributed by atoms with Gasteiger partial charge in [0, 0.05) is 57.1 Å². The van der Waals surface area contributed by atoms with E-state index in [1.54, 1.807) is 36.4 Å². The molecule has 0 fully saturated rings. The fraction of sp³-hybridized carbons (Fsp3) is 0.435. The van der Waals surface area contributed by atoms with Crippen molar-refractivity contribution >= 4 is 23.9 Å². The molecule has 66 heavy (non-hydrogen) atoms. The predicted octanol–water partition coefficient (Wildman–Crippen LogP) is 4.36. The van der Waals surface area contributed by atoms with Crippen LogP contribution in [0.25, 0.3) is 22.3 Å². The standard InChI is InChI=1S/C46H59N5O15/c1-61-35-17-37(63-3)45(38(18-35)64-4)29-13-31(47-33(15-29)23-50(25-41(53)54)26-42(55)56)21-49(11-9-7-8-10-12-52)22-32-14-30(46-39(65-5)19-36(62-2)20-40(46)66-6)16-34(48-32)24-51(27-43(57)58)28-44(59)60/h13-20,52H,7-12,21-28H2,1-6H3,(H,53,54)(H,55,56)(H,57,58)(H,59,60). The molecule has 20 nitrogen and oxygen atoms in total. The first-order chi connectivity index (χ1) is 31.6. The topological polar surface area (TPSA) is 260 Å². The van der Waals surface area contributed by atoms with Gasteiger partial charge in [-0.05, 0) is 54.8 Å². The van der Waals surface area contributed by atoms with E-state index in [4.69, 9.17) is 38.4 Å². The number of carbonyl (C=O) groups is 4. The third kappa shape index (κ3) is 15.5. The first-order valence-corrected chi connectivity index (χ1v) is 20.9. The molecule has 0 saturated carbocycles. The van der Waals surface area contributed by atoms with E-state index in [1.165, 1.54) is 52.5 Å². The van der Waals surface area contributed by atoms with Gasteiger partial charge in [-0.2, -0.15) is 0 Å². The number of ether oxygens (including phenoxy) is 6. The molecule has 2 heterocycles. The summed E-state index contributed by atoms with van der Waals surface area (Å²) in [4.78, 5) is 61.8. The summed E-state index contributed by atoms with van der Waals surface area (Å²) in [6, 6.07) is 13.9. The molecule has 0 spiro atoms. The van der Waals surface area contributed by atoms with E-state index in [1.807, 2.05) is 12.1 Å². The molecule has 0 amide bonds. The number of hydrogen-bond donors (Lipinski definition) is 5. The smallest absolute Gasteiger partial charge is 0.317 e. The number of carboxylic acid groups (broad SMARTS) is 4. The first kappa shape index (κ1) is 51.9. The van der Waals surface area contributed by atoms with Crippen molar-refractivity contribution in [2.45, 2.75) is 51.9 Å². The summed E-state index contributed by atoms with van der Waals surface area (Å²) in [6.45, 7) is -1.57.